The van der Waals surface area contributed by atoms with Gasteiger partial charge in [0.05, 0.1) is 0 Å². The molecule has 90 valence electrons. The van der Waals surface area contributed by atoms with E-state index < -0.39 is 0 Å². The van der Waals surface area contributed by atoms with Crippen molar-refractivity contribution in [3.05, 3.63) is 11.1 Å². The van der Waals surface area contributed by atoms with Gasteiger partial charge in [0.15, 0.2) is 0 Å². The Morgan fingerprint density at radius 1 is 0.600 bits per heavy atom. The van der Waals surface area contributed by atoms with E-state index in [9.17, 15) is 0 Å². The van der Waals surface area contributed by atoms with Crippen LogP contribution < -0.4 is 0 Å². The Balaban J connectivity index is 3.56. The van der Waals surface area contributed by atoms with Crippen LogP contribution in [-0.4, -0.2) is 0 Å². The summed E-state index contributed by atoms with van der Waals surface area (Å²) in [5.41, 5.74) is 3.30. The molecular formula is C15H30. The highest BCUT2D eigenvalue weighted by atomic mass is 14.0. The monoisotopic (exact) mass is 210 g/mol. The number of hydrogen-bond acceptors (Lipinski definition) is 0. The SMILES string of the molecule is CCCCCCCC(C)=C(C)CCCC. The van der Waals surface area contributed by atoms with Crippen LogP contribution in [0.1, 0.15) is 85.5 Å². The molecule has 0 aromatic rings. The van der Waals surface area contributed by atoms with Gasteiger partial charge in [-0.25, -0.2) is 0 Å². The normalized spacial score (nSPS) is 12.8. The number of unbranched alkanes of at least 4 members (excludes halogenated alkanes) is 5. The van der Waals surface area contributed by atoms with E-state index in [0.717, 1.165) is 0 Å². The fourth-order valence-corrected chi connectivity index (χ4v) is 1.86. The second-order valence-corrected chi connectivity index (χ2v) is 4.83. The molecule has 0 fully saturated rings. The Kier molecular flexibility index (Phi) is 10.1. The van der Waals surface area contributed by atoms with Gasteiger partial charge in [0.2, 0.25) is 0 Å². The van der Waals surface area contributed by atoms with Crippen LogP contribution in [-0.2, 0) is 0 Å². The van der Waals surface area contributed by atoms with E-state index in [-0.39, 0.29) is 0 Å². The van der Waals surface area contributed by atoms with Crippen molar-refractivity contribution in [3.8, 4) is 0 Å². The molecule has 0 aliphatic carbocycles. The van der Waals surface area contributed by atoms with Gasteiger partial charge in [-0.05, 0) is 39.5 Å². The van der Waals surface area contributed by atoms with Crippen LogP contribution in [0.15, 0.2) is 11.1 Å². The second-order valence-electron chi connectivity index (χ2n) is 4.83. The first-order valence-electron chi connectivity index (χ1n) is 6.87. The van der Waals surface area contributed by atoms with E-state index in [1.54, 1.807) is 11.1 Å². The topological polar surface area (TPSA) is 0 Å². The van der Waals surface area contributed by atoms with Gasteiger partial charge in [0.1, 0.15) is 0 Å². The van der Waals surface area contributed by atoms with Crippen molar-refractivity contribution >= 4 is 0 Å². The molecule has 0 N–H and O–H groups in total. The first kappa shape index (κ1) is 14.7. The van der Waals surface area contributed by atoms with Crippen LogP contribution in [0.5, 0.6) is 0 Å². The van der Waals surface area contributed by atoms with E-state index in [0.29, 0.717) is 0 Å². The predicted molar refractivity (Wildman–Crippen MR) is 71.3 cm³/mol. The lowest BCUT2D eigenvalue weighted by atomic mass is 10.00. The van der Waals surface area contributed by atoms with Crippen molar-refractivity contribution in [1.29, 1.82) is 0 Å². The van der Waals surface area contributed by atoms with Crippen LogP contribution >= 0.6 is 0 Å². The third kappa shape index (κ3) is 8.72. The van der Waals surface area contributed by atoms with Crippen LogP contribution in [0.2, 0.25) is 0 Å². The molecule has 0 rings (SSSR count). The van der Waals surface area contributed by atoms with Crippen molar-refractivity contribution in [2.45, 2.75) is 85.5 Å². The molecular weight excluding hydrogens is 180 g/mol. The summed E-state index contributed by atoms with van der Waals surface area (Å²) in [6.07, 6.45) is 12.3. The van der Waals surface area contributed by atoms with Crippen molar-refractivity contribution in [2.24, 2.45) is 0 Å². The molecule has 0 aromatic heterocycles. The molecule has 0 heteroatoms. The molecule has 0 amide bonds. The summed E-state index contributed by atoms with van der Waals surface area (Å²) in [6.45, 7) is 9.19. The summed E-state index contributed by atoms with van der Waals surface area (Å²) >= 11 is 0. The van der Waals surface area contributed by atoms with Gasteiger partial charge in [0.25, 0.3) is 0 Å². The fourth-order valence-electron chi connectivity index (χ4n) is 1.86. The van der Waals surface area contributed by atoms with Crippen molar-refractivity contribution < 1.29 is 0 Å². The second kappa shape index (κ2) is 10.3. The van der Waals surface area contributed by atoms with Gasteiger partial charge in [-0.1, -0.05) is 57.1 Å². The first-order valence-corrected chi connectivity index (χ1v) is 6.87. The largest absolute Gasteiger partial charge is 0.0744 e. The molecule has 0 aliphatic heterocycles. The van der Waals surface area contributed by atoms with Gasteiger partial charge in [-0.15, -0.1) is 0 Å². The molecule has 0 unspecified atom stereocenters. The summed E-state index contributed by atoms with van der Waals surface area (Å²) in [5.74, 6) is 0. The summed E-state index contributed by atoms with van der Waals surface area (Å²) in [6, 6.07) is 0. The fraction of sp³-hybridized carbons (Fsp3) is 0.867. The Bertz CT molecular complexity index is 165. The van der Waals surface area contributed by atoms with Crippen molar-refractivity contribution in [1.82, 2.24) is 0 Å². The lowest BCUT2D eigenvalue weighted by Gasteiger charge is -2.07. The molecule has 0 aliphatic rings. The molecule has 0 radical (unpaired) electrons. The van der Waals surface area contributed by atoms with E-state index in [1.807, 2.05) is 0 Å². The van der Waals surface area contributed by atoms with Gasteiger partial charge >= 0.3 is 0 Å². The van der Waals surface area contributed by atoms with E-state index in [1.165, 1.54) is 57.8 Å². The Hall–Kier alpha value is -0.260. The van der Waals surface area contributed by atoms with Crippen LogP contribution in [0, 0.1) is 0 Å². The van der Waals surface area contributed by atoms with Crippen LogP contribution in [0.3, 0.4) is 0 Å². The highest BCUT2D eigenvalue weighted by Crippen LogP contribution is 2.17. The van der Waals surface area contributed by atoms with Gasteiger partial charge in [0, 0.05) is 0 Å². The number of allylic oxidation sites excluding steroid dienone is 2. The molecule has 0 nitrogen and oxygen atoms in total. The average Bonchev–Trinajstić information content (AvgIpc) is 2.25. The maximum absolute atomic E-state index is 2.32. The zero-order valence-corrected chi connectivity index (χ0v) is 11.4. The Morgan fingerprint density at radius 2 is 1.07 bits per heavy atom. The van der Waals surface area contributed by atoms with Crippen LogP contribution in [0.25, 0.3) is 0 Å². The van der Waals surface area contributed by atoms with Crippen LogP contribution in [0.4, 0.5) is 0 Å². The summed E-state index contributed by atoms with van der Waals surface area (Å²) in [7, 11) is 0. The molecule has 0 spiro atoms. The molecule has 15 heavy (non-hydrogen) atoms. The minimum Gasteiger partial charge on any atom is -0.0744 e. The molecule has 0 bridgehead atoms. The first-order chi connectivity index (χ1) is 7.22. The Morgan fingerprint density at radius 3 is 1.60 bits per heavy atom. The highest BCUT2D eigenvalue weighted by molar-refractivity contribution is 5.09. The molecule has 0 atom stereocenters. The third-order valence-electron chi connectivity index (χ3n) is 3.29. The quantitative estimate of drug-likeness (QED) is 0.329. The number of hydrogen-bond donors (Lipinski definition) is 0. The van der Waals surface area contributed by atoms with E-state index in [4.69, 9.17) is 0 Å². The summed E-state index contributed by atoms with van der Waals surface area (Å²) in [5, 5.41) is 0. The summed E-state index contributed by atoms with van der Waals surface area (Å²) in [4.78, 5) is 0. The number of rotatable bonds is 9. The lowest BCUT2D eigenvalue weighted by molar-refractivity contribution is 0.627. The minimum absolute atomic E-state index is 1.32. The van der Waals surface area contributed by atoms with Gasteiger partial charge in [-0.3, -0.25) is 0 Å². The van der Waals surface area contributed by atoms with E-state index >= 15 is 0 Å². The summed E-state index contributed by atoms with van der Waals surface area (Å²) < 4.78 is 0. The standard InChI is InChI=1S/C15H30/c1-5-7-9-10-11-13-15(4)14(3)12-8-6-2/h5-13H2,1-4H3. The van der Waals surface area contributed by atoms with Gasteiger partial charge in [-0.2, -0.15) is 0 Å². The minimum atomic E-state index is 1.32. The molecule has 0 saturated heterocycles. The Labute approximate surface area is 97.2 Å². The smallest absolute Gasteiger partial charge is 0.0320 e. The zero-order chi connectivity index (χ0) is 11.5. The maximum Gasteiger partial charge on any atom is -0.0320 e. The lowest BCUT2D eigenvalue weighted by Crippen LogP contribution is -1.87. The van der Waals surface area contributed by atoms with E-state index in [2.05, 4.69) is 27.7 Å². The predicted octanol–water partition coefficient (Wildman–Crippen LogP) is 5.87. The van der Waals surface area contributed by atoms with Crippen molar-refractivity contribution in [3.63, 3.8) is 0 Å². The molecule has 0 aromatic carbocycles. The van der Waals surface area contributed by atoms with Crippen molar-refractivity contribution in [2.75, 3.05) is 0 Å². The average molecular weight is 210 g/mol. The highest BCUT2D eigenvalue weighted by Gasteiger charge is 1.97. The maximum atomic E-state index is 2.32. The third-order valence-corrected chi connectivity index (χ3v) is 3.29. The zero-order valence-electron chi connectivity index (χ0n) is 11.4. The molecule has 0 saturated carbocycles. The van der Waals surface area contributed by atoms with Gasteiger partial charge < -0.3 is 0 Å². The molecule has 0 heterocycles.